The monoisotopic (exact) mass is 192 g/mol. The van der Waals surface area contributed by atoms with E-state index in [1.54, 1.807) is 5.57 Å². The minimum atomic E-state index is 0.904. The fourth-order valence-electron chi connectivity index (χ4n) is 3.40. The highest BCUT2D eigenvalue weighted by Gasteiger charge is 2.27. The Labute approximate surface area is 88.8 Å². The van der Waals surface area contributed by atoms with Crippen LogP contribution < -0.4 is 0 Å². The normalized spacial score (nSPS) is 35.3. The third-order valence-corrected chi connectivity index (χ3v) is 4.26. The van der Waals surface area contributed by atoms with Gasteiger partial charge in [-0.1, -0.05) is 44.3 Å². The van der Waals surface area contributed by atoms with Crippen LogP contribution in [0.2, 0.25) is 0 Å². The Bertz CT molecular complexity index is 192. The average molecular weight is 192 g/mol. The maximum atomic E-state index is 4.30. The molecule has 2 atom stereocenters. The van der Waals surface area contributed by atoms with Crippen LogP contribution in [0.1, 0.15) is 64.2 Å². The zero-order chi connectivity index (χ0) is 9.80. The first kappa shape index (κ1) is 10.3. The van der Waals surface area contributed by atoms with Crippen LogP contribution >= 0.6 is 0 Å². The molecule has 2 aliphatic carbocycles. The minimum absolute atomic E-state index is 0.904. The summed E-state index contributed by atoms with van der Waals surface area (Å²) in [7, 11) is 0. The number of allylic oxidation sites excluding steroid dienone is 1. The van der Waals surface area contributed by atoms with Crippen LogP contribution in [0.15, 0.2) is 12.2 Å². The van der Waals surface area contributed by atoms with Crippen LogP contribution in [0.5, 0.6) is 0 Å². The van der Waals surface area contributed by atoms with Gasteiger partial charge in [-0.25, -0.2) is 0 Å². The standard InChI is InChI=1S/C14H24/c1-12-8-7-10-13-9-5-3-2-4-6-11-14(12)13/h13-14H,1-11H2. The van der Waals surface area contributed by atoms with Gasteiger partial charge in [-0.3, -0.25) is 0 Å². The van der Waals surface area contributed by atoms with E-state index in [-0.39, 0.29) is 0 Å². The third kappa shape index (κ3) is 2.40. The molecule has 0 radical (unpaired) electrons. The first-order valence-electron chi connectivity index (χ1n) is 6.55. The minimum Gasteiger partial charge on any atom is -0.0996 e. The molecule has 0 aliphatic heterocycles. The molecule has 0 aromatic heterocycles. The van der Waals surface area contributed by atoms with Crippen molar-refractivity contribution in [2.45, 2.75) is 64.2 Å². The van der Waals surface area contributed by atoms with Gasteiger partial charge in [0.2, 0.25) is 0 Å². The molecule has 2 rings (SSSR count). The highest BCUT2D eigenvalue weighted by atomic mass is 14.3. The van der Waals surface area contributed by atoms with Crippen LogP contribution in [0, 0.1) is 11.8 Å². The summed E-state index contributed by atoms with van der Waals surface area (Å²) in [6.07, 6.45) is 14.5. The molecule has 2 fully saturated rings. The maximum Gasteiger partial charge on any atom is -0.0178 e. The molecular formula is C14H24. The maximum absolute atomic E-state index is 4.30. The van der Waals surface area contributed by atoms with Gasteiger partial charge < -0.3 is 0 Å². The van der Waals surface area contributed by atoms with Crippen molar-refractivity contribution in [3.05, 3.63) is 12.2 Å². The van der Waals surface area contributed by atoms with E-state index in [9.17, 15) is 0 Å². The van der Waals surface area contributed by atoms with E-state index < -0.39 is 0 Å². The Morgan fingerprint density at radius 2 is 1.43 bits per heavy atom. The Morgan fingerprint density at radius 1 is 0.786 bits per heavy atom. The van der Waals surface area contributed by atoms with Crippen molar-refractivity contribution in [2.24, 2.45) is 11.8 Å². The van der Waals surface area contributed by atoms with Gasteiger partial charge in [0.15, 0.2) is 0 Å². The molecule has 0 heteroatoms. The van der Waals surface area contributed by atoms with Crippen molar-refractivity contribution >= 4 is 0 Å². The second-order valence-corrected chi connectivity index (χ2v) is 5.26. The second-order valence-electron chi connectivity index (χ2n) is 5.26. The molecule has 0 nitrogen and oxygen atoms in total. The molecule has 0 aromatic rings. The quantitative estimate of drug-likeness (QED) is 0.488. The first-order chi connectivity index (χ1) is 6.88. The first-order valence-corrected chi connectivity index (χ1v) is 6.55. The summed E-state index contributed by atoms with van der Waals surface area (Å²) in [5.74, 6) is 1.91. The molecule has 0 N–H and O–H groups in total. The van der Waals surface area contributed by atoms with Crippen molar-refractivity contribution in [1.82, 2.24) is 0 Å². The Kier molecular flexibility index (Phi) is 3.67. The highest BCUT2D eigenvalue weighted by molar-refractivity contribution is 5.06. The number of rotatable bonds is 0. The molecule has 0 amide bonds. The van der Waals surface area contributed by atoms with Gasteiger partial charge in [-0.05, 0) is 43.9 Å². The topological polar surface area (TPSA) is 0 Å². The molecule has 80 valence electrons. The molecule has 14 heavy (non-hydrogen) atoms. The lowest BCUT2D eigenvalue weighted by Crippen LogP contribution is -2.21. The third-order valence-electron chi connectivity index (χ3n) is 4.26. The van der Waals surface area contributed by atoms with Gasteiger partial charge in [-0.2, -0.15) is 0 Å². The summed E-state index contributed by atoms with van der Waals surface area (Å²) in [4.78, 5) is 0. The average Bonchev–Trinajstić information content (AvgIpc) is 2.30. The van der Waals surface area contributed by atoms with E-state index in [1.165, 1.54) is 64.2 Å². The van der Waals surface area contributed by atoms with Crippen LogP contribution in [-0.4, -0.2) is 0 Å². The van der Waals surface area contributed by atoms with E-state index in [4.69, 9.17) is 0 Å². The van der Waals surface area contributed by atoms with Crippen LogP contribution in [0.3, 0.4) is 0 Å². The van der Waals surface area contributed by atoms with Crippen molar-refractivity contribution in [3.63, 3.8) is 0 Å². The highest BCUT2D eigenvalue weighted by Crippen LogP contribution is 2.40. The molecule has 0 heterocycles. The summed E-state index contributed by atoms with van der Waals surface area (Å²) >= 11 is 0. The molecule has 0 spiro atoms. The van der Waals surface area contributed by atoms with Gasteiger partial charge >= 0.3 is 0 Å². The van der Waals surface area contributed by atoms with E-state index in [0.717, 1.165) is 11.8 Å². The fourth-order valence-corrected chi connectivity index (χ4v) is 3.40. The van der Waals surface area contributed by atoms with Crippen molar-refractivity contribution in [1.29, 1.82) is 0 Å². The SMILES string of the molecule is C=C1CCCC2CCCCCCCC12. The molecule has 2 aliphatic rings. The van der Waals surface area contributed by atoms with Gasteiger partial charge in [0, 0.05) is 0 Å². The molecule has 0 bridgehead atoms. The number of hydrogen-bond acceptors (Lipinski definition) is 0. The van der Waals surface area contributed by atoms with Gasteiger partial charge in [0.25, 0.3) is 0 Å². The Hall–Kier alpha value is -0.260. The lowest BCUT2D eigenvalue weighted by atomic mass is 9.72. The molecule has 2 unspecified atom stereocenters. The molecule has 2 saturated carbocycles. The largest absolute Gasteiger partial charge is 0.0996 e. The Balaban J connectivity index is 1.99. The lowest BCUT2D eigenvalue weighted by Gasteiger charge is -2.33. The number of fused-ring (bicyclic) bond motifs is 1. The van der Waals surface area contributed by atoms with Gasteiger partial charge in [0.05, 0.1) is 0 Å². The zero-order valence-electron chi connectivity index (χ0n) is 9.43. The van der Waals surface area contributed by atoms with E-state index in [2.05, 4.69) is 6.58 Å². The molecule has 0 saturated heterocycles. The number of hydrogen-bond donors (Lipinski definition) is 0. The van der Waals surface area contributed by atoms with Gasteiger partial charge in [-0.15, -0.1) is 0 Å². The van der Waals surface area contributed by atoms with Crippen molar-refractivity contribution in [3.8, 4) is 0 Å². The van der Waals surface area contributed by atoms with E-state index in [0.29, 0.717) is 0 Å². The summed E-state index contributed by atoms with van der Waals surface area (Å²) < 4.78 is 0. The summed E-state index contributed by atoms with van der Waals surface area (Å²) in [5.41, 5.74) is 1.59. The Morgan fingerprint density at radius 3 is 2.29 bits per heavy atom. The smallest absolute Gasteiger partial charge is 0.0178 e. The van der Waals surface area contributed by atoms with E-state index >= 15 is 0 Å². The van der Waals surface area contributed by atoms with Crippen LogP contribution in [-0.2, 0) is 0 Å². The van der Waals surface area contributed by atoms with Crippen LogP contribution in [0.25, 0.3) is 0 Å². The van der Waals surface area contributed by atoms with Gasteiger partial charge in [0.1, 0.15) is 0 Å². The summed E-state index contributed by atoms with van der Waals surface area (Å²) in [5, 5.41) is 0. The predicted molar refractivity (Wildman–Crippen MR) is 62.3 cm³/mol. The lowest BCUT2D eigenvalue weighted by molar-refractivity contribution is 0.269. The molecular weight excluding hydrogens is 168 g/mol. The van der Waals surface area contributed by atoms with Crippen molar-refractivity contribution < 1.29 is 0 Å². The fraction of sp³-hybridized carbons (Fsp3) is 0.857. The van der Waals surface area contributed by atoms with E-state index in [1.807, 2.05) is 0 Å². The zero-order valence-corrected chi connectivity index (χ0v) is 9.43. The predicted octanol–water partition coefficient (Wildman–Crippen LogP) is 4.70. The summed E-state index contributed by atoms with van der Waals surface area (Å²) in [6, 6.07) is 0. The summed E-state index contributed by atoms with van der Waals surface area (Å²) in [6.45, 7) is 4.30. The van der Waals surface area contributed by atoms with Crippen LogP contribution in [0.4, 0.5) is 0 Å². The molecule has 0 aromatic carbocycles. The second kappa shape index (κ2) is 5.00. The van der Waals surface area contributed by atoms with Crippen molar-refractivity contribution in [2.75, 3.05) is 0 Å².